The summed E-state index contributed by atoms with van der Waals surface area (Å²) in [6.07, 6.45) is 0.135. The molecule has 21 heavy (non-hydrogen) atoms. The zero-order valence-corrected chi connectivity index (χ0v) is 12.7. The lowest BCUT2D eigenvalue weighted by Crippen LogP contribution is -2.16. The number of rotatable bonds is 3. The summed E-state index contributed by atoms with van der Waals surface area (Å²) in [6.45, 7) is 0.961. The molecule has 108 valence electrons. The van der Waals surface area contributed by atoms with Gasteiger partial charge in [-0.15, -0.1) is 0 Å². The molecule has 0 fully saturated rings. The molecule has 0 unspecified atom stereocenters. The van der Waals surface area contributed by atoms with Crippen LogP contribution in [0.15, 0.2) is 40.9 Å². The molecule has 1 aliphatic heterocycles. The third-order valence-electron chi connectivity index (χ3n) is 3.19. The number of carbonyl (C=O) groups is 1. The largest absolute Gasteiger partial charge is 0.486 e. The molecular formula is C16H12BrFO3. The number of halogens is 2. The Morgan fingerprint density at radius 3 is 2.57 bits per heavy atom. The van der Waals surface area contributed by atoms with Crippen molar-refractivity contribution in [3.05, 3.63) is 57.8 Å². The summed E-state index contributed by atoms with van der Waals surface area (Å²) in [5.41, 5.74) is 1.14. The standard InChI is InChI=1S/C16H12BrFO3/c17-13-9-16-15(20-4-5-21-16)8-12(13)14(19)7-10-2-1-3-11(18)6-10/h1-3,6,8-9H,4-5,7H2. The van der Waals surface area contributed by atoms with Crippen molar-refractivity contribution in [2.24, 2.45) is 0 Å². The van der Waals surface area contributed by atoms with Crippen LogP contribution in [0.2, 0.25) is 0 Å². The van der Waals surface area contributed by atoms with Crippen molar-refractivity contribution in [3.63, 3.8) is 0 Å². The van der Waals surface area contributed by atoms with Gasteiger partial charge in [-0.2, -0.15) is 0 Å². The molecule has 5 heteroatoms. The highest BCUT2D eigenvalue weighted by Gasteiger charge is 2.19. The third-order valence-corrected chi connectivity index (χ3v) is 3.84. The lowest BCUT2D eigenvalue weighted by Gasteiger charge is -2.19. The van der Waals surface area contributed by atoms with E-state index in [1.165, 1.54) is 12.1 Å². The Bertz CT molecular complexity index is 700. The van der Waals surface area contributed by atoms with Gasteiger partial charge < -0.3 is 9.47 Å². The van der Waals surface area contributed by atoms with Crippen LogP contribution in [0.25, 0.3) is 0 Å². The molecule has 3 rings (SSSR count). The van der Waals surface area contributed by atoms with Crippen LogP contribution in [0.1, 0.15) is 15.9 Å². The lowest BCUT2D eigenvalue weighted by atomic mass is 10.0. The molecule has 3 nitrogen and oxygen atoms in total. The summed E-state index contributed by atoms with van der Waals surface area (Å²) in [7, 11) is 0. The predicted molar refractivity (Wildman–Crippen MR) is 79.6 cm³/mol. The van der Waals surface area contributed by atoms with E-state index in [1.54, 1.807) is 24.3 Å². The van der Waals surface area contributed by atoms with E-state index in [1.807, 2.05) is 0 Å². The second kappa shape index (κ2) is 5.85. The Balaban J connectivity index is 1.87. The Labute approximate surface area is 129 Å². The van der Waals surface area contributed by atoms with E-state index in [2.05, 4.69) is 15.9 Å². The zero-order chi connectivity index (χ0) is 14.8. The SMILES string of the molecule is O=C(Cc1cccc(F)c1)c1cc2c(cc1Br)OCCO2. The molecule has 0 radical (unpaired) electrons. The Kier molecular flexibility index (Phi) is 3.92. The summed E-state index contributed by atoms with van der Waals surface area (Å²) in [6, 6.07) is 9.44. The van der Waals surface area contributed by atoms with Gasteiger partial charge in [-0.1, -0.05) is 12.1 Å². The Hall–Kier alpha value is -1.88. The van der Waals surface area contributed by atoms with Gasteiger partial charge in [-0.3, -0.25) is 4.79 Å². The summed E-state index contributed by atoms with van der Waals surface area (Å²) in [5, 5.41) is 0. The predicted octanol–water partition coefficient (Wildman–Crippen LogP) is 3.78. The van der Waals surface area contributed by atoms with Gasteiger partial charge in [0.2, 0.25) is 0 Å². The van der Waals surface area contributed by atoms with Crippen LogP contribution in [0, 0.1) is 5.82 Å². The summed E-state index contributed by atoms with van der Waals surface area (Å²) >= 11 is 3.37. The van der Waals surface area contributed by atoms with E-state index in [4.69, 9.17) is 9.47 Å². The maximum Gasteiger partial charge on any atom is 0.168 e. The molecule has 0 amide bonds. The maximum atomic E-state index is 13.2. The van der Waals surface area contributed by atoms with E-state index < -0.39 is 0 Å². The third kappa shape index (κ3) is 3.08. The number of hydrogen-bond acceptors (Lipinski definition) is 3. The summed E-state index contributed by atoms with van der Waals surface area (Å²) in [5.74, 6) is 0.730. The van der Waals surface area contributed by atoms with Crippen LogP contribution >= 0.6 is 15.9 Å². The monoisotopic (exact) mass is 350 g/mol. The first-order valence-corrected chi connectivity index (χ1v) is 7.29. The molecule has 2 aromatic rings. The number of ether oxygens (including phenoxy) is 2. The van der Waals surface area contributed by atoms with Crippen molar-refractivity contribution in [1.82, 2.24) is 0 Å². The first-order valence-electron chi connectivity index (χ1n) is 6.50. The van der Waals surface area contributed by atoms with E-state index >= 15 is 0 Å². The number of carbonyl (C=O) groups excluding carboxylic acids is 1. The molecule has 1 aliphatic rings. The van der Waals surface area contributed by atoms with Gasteiger partial charge in [0.1, 0.15) is 19.0 Å². The highest BCUT2D eigenvalue weighted by Crippen LogP contribution is 2.36. The molecule has 0 saturated heterocycles. The number of Topliss-reactive ketones (excluding diaryl/α,β-unsaturated/α-hetero) is 1. The molecule has 0 bridgehead atoms. The maximum absolute atomic E-state index is 13.2. The number of hydrogen-bond donors (Lipinski definition) is 0. The first-order chi connectivity index (χ1) is 10.1. The Morgan fingerprint density at radius 2 is 1.86 bits per heavy atom. The van der Waals surface area contributed by atoms with Crippen LogP contribution < -0.4 is 9.47 Å². The van der Waals surface area contributed by atoms with Crippen molar-refractivity contribution < 1.29 is 18.7 Å². The van der Waals surface area contributed by atoms with Gasteiger partial charge in [0.25, 0.3) is 0 Å². The second-order valence-corrected chi connectivity index (χ2v) is 5.56. The number of benzene rings is 2. The highest BCUT2D eigenvalue weighted by atomic mass is 79.9. The average Bonchev–Trinajstić information content (AvgIpc) is 2.46. The lowest BCUT2D eigenvalue weighted by molar-refractivity contribution is 0.0991. The van der Waals surface area contributed by atoms with Crippen molar-refractivity contribution in [3.8, 4) is 11.5 Å². The minimum Gasteiger partial charge on any atom is -0.486 e. The molecule has 0 atom stereocenters. The van der Waals surface area contributed by atoms with Gasteiger partial charge in [-0.25, -0.2) is 4.39 Å². The minimum atomic E-state index is -0.346. The number of ketones is 1. The van der Waals surface area contributed by atoms with Gasteiger partial charge in [0.05, 0.1) is 0 Å². The fraction of sp³-hybridized carbons (Fsp3) is 0.188. The molecule has 0 spiro atoms. The van der Waals surface area contributed by atoms with Crippen molar-refractivity contribution in [1.29, 1.82) is 0 Å². The van der Waals surface area contributed by atoms with Crippen LogP contribution in [0.5, 0.6) is 11.5 Å². The Morgan fingerprint density at radius 1 is 1.14 bits per heavy atom. The molecule has 2 aromatic carbocycles. The van der Waals surface area contributed by atoms with Crippen molar-refractivity contribution in [2.45, 2.75) is 6.42 Å². The average molecular weight is 351 g/mol. The normalized spacial score (nSPS) is 13.0. The zero-order valence-electron chi connectivity index (χ0n) is 11.1. The summed E-state index contributed by atoms with van der Waals surface area (Å²) in [4.78, 5) is 12.4. The van der Waals surface area contributed by atoms with Crippen LogP contribution in [-0.4, -0.2) is 19.0 Å². The van der Waals surface area contributed by atoms with E-state index in [9.17, 15) is 9.18 Å². The molecule has 0 N–H and O–H groups in total. The van der Waals surface area contributed by atoms with Gasteiger partial charge in [-0.05, 0) is 45.8 Å². The molecule has 0 saturated carbocycles. The molecule has 0 aromatic heterocycles. The molecule has 1 heterocycles. The summed E-state index contributed by atoms with van der Waals surface area (Å²) < 4.78 is 24.8. The van der Waals surface area contributed by atoms with E-state index in [0.29, 0.717) is 40.3 Å². The molecular weight excluding hydrogens is 339 g/mol. The van der Waals surface area contributed by atoms with Crippen molar-refractivity contribution in [2.75, 3.05) is 13.2 Å². The number of fused-ring (bicyclic) bond motifs is 1. The second-order valence-electron chi connectivity index (χ2n) is 4.71. The van der Waals surface area contributed by atoms with E-state index in [-0.39, 0.29) is 18.0 Å². The van der Waals surface area contributed by atoms with Crippen LogP contribution in [0.4, 0.5) is 4.39 Å². The van der Waals surface area contributed by atoms with Gasteiger partial charge in [0, 0.05) is 16.5 Å². The van der Waals surface area contributed by atoms with Crippen LogP contribution in [-0.2, 0) is 6.42 Å². The van der Waals surface area contributed by atoms with E-state index in [0.717, 1.165) is 0 Å². The van der Waals surface area contributed by atoms with Gasteiger partial charge in [0.15, 0.2) is 17.3 Å². The minimum absolute atomic E-state index is 0.107. The van der Waals surface area contributed by atoms with Gasteiger partial charge >= 0.3 is 0 Å². The fourth-order valence-electron chi connectivity index (χ4n) is 2.21. The quantitative estimate of drug-likeness (QED) is 0.790. The smallest absolute Gasteiger partial charge is 0.168 e. The van der Waals surface area contributed by atoms with Crippen LogP contribution in [0.3, 0.4) is 0 Å². The first kappa shape index (κ1) is 14.1. The fourth-order valence-corrected chi connectivity index (χ4v) is 2.75. The highest BCUT2D eigenvalue weighted by molar-refractivity contribution is 9.10. The van der Waals surface area contributed by atoms with Crippen molar-refractivity contribution >= 4 is 21.7 Å². The topological polar surface area (TPSA) is 35.5 Å². The molecule has 0 aliphatic carbocycles.